The van der Waals surface area contributed by atoms with Crippen molar-refractivity contribution < 1.29 is 19.4 Å². The normalized spacial score (nSPS) is 21.4. The van der Waals surface area contributed by atoms with E-state index >= 15 is 0 Å². The van der Waals surface area contributed by atoms with Crippen molar-refractivity contribution in [3.8, 4) is 0 Å². The molecule has 2 heterocycles. The number of hydrogen-bond donors (Lipinski definition) is 1. The van der Waals surface area contributed by atoms with Crippen molar-refractivity contribution >= 4 is 28.2 Å². The number of aliphatic hydroxyl groups is 1. The van der Waals surface area contributed by atoms with E-state index in [-0.39, 0.29) is 24.4 Å². The highest BCUT2D eigenvalue weighted by molar-refractivity contribution is 7.17. The van der Waals surface area contributed by atoms with Crippen LogP contribution in [0.3, 0.4) is 0 Å². The second-order valence-electron chi connectivity index (χ2n) is 5.29. The summed E-state index contributed by atoms with van der Waals surface area (Å²) in [6.45, 7) is 0.486. The molecule has 5 nitrogen and oxygen atoms in total. The average Bonchev–Trinajstić information content (AvgIpc) is 3.10. The Hall–Kier alpha value is -1.40. The first-order valence-corrected chi connectivity index (χ1v) is 7.61. The summed E-state index contributed by atoms with van der Waals surface area (Å²) in [6, 6.07) is 0. The molecule has 1 amide bonds. The summed E-state index contributed by atoms with van der Waals surface area (Å²) >= 11 is 1.53. The Balaban J connectivity index is 2.02. The topological polar surface area (TPSA) is 66.8 Å². The van der Waals surface area contributed by atoms with E-state index in [1.165, 1.54) is 23.3 Å². The lowest BCUT2D eigenvalue weighted by molar-refractivity contribution is -0.117. The van der Waals surface area contributed by atoms with Crippen molar-refractivity contribution in [2.45, 2.75) is 25.7 Å². The number of thiophene rings is 1. The number of aliphatic hydroxyl groups excluding tert-OH is 1. The van der Waals surface area contributed by atoms with Gasteiger partial charge in [0.1, 0.15) is 5.00 Å². The Morgan fingerprint density at radius 1 is 1.50 bits per heavy atom. The number of fused-ring (bicyclic) bond motifs is 1. The lowest BCUT2D eigenvalue weighted by Gasteiger charge is -2.16. The first-order chi connectivity index (χ1) is 9.65. The summed E-state index contributed by atoms with van der Waals surface area (Å²) in [7, 11) is 1.37. The molecule has 2 aliphatic rings. The van der Waals surface area contributed by atoms with Gasteiger partial charge in [-0.2, -0.15) is 0 Å². The van der Waals surface area contributed by atoms with Crippen LogP contribution in [0.15, 0.2) is 0 Å². The number of anilines is 1. The Morgan fingerprint density at radius 2 is 2.30 bits per heavy atom. The van der Waals surface area contributed by atoms with E-state index in [1.54, 1.807) is 4.90 Å². The van der Waals surface area contributed by atoms with Crippen molar-refractivity contribution in [3.05, 3.63) is 16.0 Å². The molecule has 20 heavy (non-hydrogen) atoms. The Kier molecular flexibility index (Phi) is 3.52. The zero-order chi connectivity index (χ0) is 14.3. The minimum atomic E-state index is -0.361. The van der Waals surface area contributed by atoms with Crippen LogP contribution in [0.1, 0.15) is 33.6 Å². The third-order valence-electron chi connectivity index (χ3n) is 4.00. The fraction of sp³-hybridized carbons (Fsp3) is 0.571. The van der Waals surface area contributed by atoms with E-state index in [0.29, 0.717) is 23.5 Å². The summed E-state index contributed by atoms with van der Waals surface area (Å²) in [6.07, 6.45) is 3.25. The van der Waals surface area contributed by atoms with Crippen LogP contribution in [0, 0.1) is 5.92 Å². The van der Waals surface area contributed by atoms with Crippen molar-refractivity contribution in [1.29, 1.82) is 0 Å². The summed E-state index contributed by atoms with van der Waals surface area (Å²) in [5.74, 6) is -0.418. The summed E-state index contributed by atoms with van der Waals surface area (Å²) in [5, 5.41) is 9.93. The number of aryl methyl sites for hydroxylation is 1. The van der Waals surface area contributed by atoms with E-state index in [4.69, 9.17) is 4.74 Å². The van der Waals surface area contributed by atoms with Gasteiger partial charge in [-0.15, -0.1) is 11.3 Å². The zero-order valence-corrected chi connectivity index (χ0v) is 12.2. The van der Waals surface area contributed by atoms with Gasteiger partial charge in [-0.3, -0.25) is 4.79 Å². The molecule has 1 saturated heterocycles. The predicted octanol–water partition coefficient (Wildman–Crippen LogP) is 1.37. The first-order valence-electron chi connectivity index (χ1n) is 6.79. The minimum absolute atomic E-state index is 0.000880. The van der Waals surface area contributed by atoms with Crippen LogP contribution in [-0.2, 0) is 22.4 Å². The summed E-state index contributed by atoms with van der Waals surface area (Å²) < 4.78 is 4.89. The van der Waals surface area contributed by atoms with Gasteiger partial charge in [-0.05, 0) is 24.8 Å². The summed E-state index contributed by atoms with van der Waals surface area (Å²) in [5.41, 5.74) is 1.62. The number of carbonyl (C=O) groups excluding carboxylic acids is 2. The van der Waals surface area contributed by atoms with Gasteiger partial charge >= 0.3 is 5.97 Å². The van der Waals surface area contributed by atoms with Crippen molar-refractivity contribution in [2.75, 3.05) is 25.2 Å². The van der Waals surface area contributed by atoms with Gasteiger partial charge in [0.15, 0.2) is 0 Å². The maximum absolute atomic E-state index is 12.1. The number of ether oxygens (including phenoxy) is 1. The molecule has 0 spiro atoms. The maximum atomic E-state index is 12.1. The van der Waals surface area contributed by atoms with Crippen LogP contribution >= 0.6 is 11.3 Å². The van der Waals surface area contributed by atoms with Gasteiger partial charge in [-0.1, -0.05) is 0 Å². The molecule has 108 valence electrons. The highest BCUT2D eigenvalue weighted by Crippen LogP contribution is 2.43. The third kappa shape index (κ3) is 2.03. The SMILES string of the molecule is COC(=O)c1c(N2CC(CO)CC2=O)sc2c1CCC2. The molecule has 0 saturated carbocycles. The molecule has 1 unspecified atom stereocenters. The molecule has 3 rings (SSSR count). The molecular weight excluding hydrogens is 278 g/mol. The highest BCUT2D eigenvalue weighted by atomic mass is 32.1. The van der Waals surface area contributed by atoms with Crippen molar-refractivity contribution in [1.82, 2.24) is 0 Å². The molecule has 0 radical (unpaired) electrons. The zero-order valence-electron chi connectivity index (χ0n) is 11.3. The third-order valence-corrected chi connectivity index (χ3v) is 5.32. The molecule has 1 N–H and O–H groups in total. The van der Waals surface area contributed by atoms with Gasteiger partial charge in [0.05, 0.1) is 12.7 Å². The molecule has 1 aromatic heterocycles. The largest absolute Gasteiger partial charge is 0.465 e. The van der Waals surface area contributed by atoms with Crippen LogP contribution in [-0.4, -0.2) is 37.2 Å². The highest BCUT2D eigenvalue weighted by Gasteiger charge is 2.36. The van der Waals surface area contributed by atoms with Crippen LogP contribution in [0.2, 0.25) is 0 Å². The van der Waals surface area contributed by atoms with Gasteiger partial charge in [0.25, 0.3) is 0 Å². The fourth-order valence-electron chi connectivity index (χ4n) is 2.99. The molecule has 0 aromatic carbocycles. The average molecular weight is 295 g/mol. The molecule has 1 aliphatic heterocycles. The van der Waals surface area contributed by atoms with Crippen LogP contribution < -0.4 is 4.90 Å². The van der Waals surface area contributed by atoms with Gasteiger partial charge < -0.3 is 14.7 Å². The smallest absolute Gasteiger partial charge is 0.341 e. The maximum Gasteiger partial charge on any atom is 0.341 e. The summed E-state index contributed by atoms with van der Waals surface area (Å²) in [4.78, 5) is 27.0. The minimum Gasteiger partial charge on any atom is -0.465 e. The fourth-order valence-corrected chi connectivity index (χ4v) is 4.39. The molecule has 0 bridgehead atoms. The Bertz CT molecular complexity index is 566. The van der Waals surface area contributed by atoms with Crippen LogP contribution in [0.5, 0.6) is 0 Å². The number of amides is 1. The molecule has 1 atom stereocenters. The number of methoxy groups -OCH3 is 1. The number of nitrogens with zero attached hydrogens (tertiary/aromatic N) is 1. The molecule has 1 aliphatic carbocycles. The van der Waals surface area contributed by atoms with Crippen molar-refractivity contribution in [2.24, 2.45) is 5.92 Å². The number of rotatable bonds is 3. The van der Waals surface area contributed by atoms with Gasteiger partial charge in [-0.25, -0.2) is 4.79 Å². The first kappa shape index (κ1) is 13.6. The lowest BCUT2D eigenvalue weighted by Crippen LogP contribution is -2.26. The van der Waals surface area contributed by atoms with Gasteiger partial charge in [0.2, 0.25) is 5.91 Å². The Morgan fingerprint density at radius 3 is 2.95 bits per heavy atom. The molecule has 6 heteroatoms. The number of hydrogen-bond acceptors (Lipinski definition) is 5. The second kappa shape index (κ2) is 5.18. The standard InChI is InChI=1S/C14H17NO4S/c1-19-14(18)12-9-3-2-4-10(9)20-13(12)15-6-8(7-16)5-11(15)17/h8,16H,2-7H2,1H3. The lowest BCUT2D eigenvalue weighted by atomic mass is 10.1. The predicted molar refractivity (Wildman–Crippen MR) is 75.2 cm³/mol. The number of esters is 1. The van der Waals surface area contributed by atoms with Crippen LogP contribution in [0.25, 0.3) is 0 Å². The second-order valence-corrected chi connectivity index (χ2v) is 6.37. The van der Waals surface area contributed by atoms with E-state index in [9.17, 15) is 14.7 Å². The van der Waals surface area contributed by atoms with Crippen molar-refractivity contribution in [3.63, 3.8) is 0 Å². The van der Waals surface area contributed by atoms with E-state index < -0.39 is 0 Å². The quantitative estimate of drug-likeness (QED) is 0.855. The van der Waals surface area contributed by atoms with E-state index in [1.807, 2.05) is 0 Å². The van der Waals surface area contributed by atoms with Gasteiger partial charge in [0, 0.05) is 30.4 Å². The number of carbonyl (C=O) groups is 2. The molecule has 1 aromatic rings. The van der Waals surface area contributed by atoms with E-state index in [0.717, 1.165) is 24.8 Å². The monoisotopic (exact) mass is 295 g/mol. The van der Waals surface area contributed by atoms with Crippen LogP contribution in [0.4, 0.5) is 5.00 Å². The molecule has 1 fully saturated rings. The van der Waals surface area contributed by atoms with E-state index in [2.05, 4.69) is 0 Å². The molecular formula is C14H17NO4S. The Labute approximate surface area is 121 Å².